The molecule has 1 atom stereocenters. The van der Waals surface area contributed by atoms with Crippen molar-refractivity contribution in [3.05, 3.63) is 35.5 Å². The molecule has 1 aliphatic rings. The molecule has 2 heterocycles. The lowest BCUT2D eigenvalue weighted by molar-refractivity contribution is -0.137. The summed E-state index contributed by atoms with van der Waals surface area (Å²) < 4.78 is 0. The zero-order valence-corrected chi connectivity index (χ0v) is 15.9. The summed E-state index contributed by atoms with van der Waals surface area (Å²) in [6, 6.07) is 7.26. The number of aliphatic hydroxyl groups is 1. The molecule has 140 valence electrons. The number of nitrogens with zero attached hydrogens (tertiary/aromatic N) is 2. The van der Waals surface area contributed by atoms with E-state index in [9.17, 15) is 14.7 Å². The zero-order valence-electron chi connectivity index (χ0n) is 15.1. The van der Waals surface area contributed by atoms with Crippen LogP contribution in [0.2, 0.25) is 0 Å². The van der Waals surface area contributed by atoms with Crippen molar-refractivity contribution in [2.45, 2.75) is 18.9 Å². The summed E-state index contributed by atoms with van der Waals surface area (Å²) in [6.45, 7) is 3.05. The van der Waals surface area contributed by atoms with Crippen LogP contribution in [0.5, 0.6) is 0 Å². The minimum Gasteiger partial charge on any atom is -0.375 e. The van der Waals surface area contributed by atoms with Crippen LogP contribution < -0.4 is 11.1 Å². The highest BCUT2D eigenvalue weighted by molar-refractivity contribution is 7.19. The van der Waals surface area contributed by atoms with Crippen molar-refractivity contribution in [2.75, 3.05) is 25.5 Å². The number of nitrogens with two attached hydrogens (primary N) is 1. The van der Waals surface area contributed by atoms with Gasteiger partial charge in [0.15, 0.2) is 5.69 Å². The number of hydrogen-bond donors (Lipinski definition) is 3. The molecule has 2 amide bonds. The van der Waals surface area contributed by atoms with Crippen LogP contribution in [0.15, 0.2) is 24.3 Å². The quantitative estimate of drug-likeness (QED) is 0.688. The molecular weight excluding hydrogens is 364 g/mol. The van der Waals surface area contributed by atoms with Gasteiger partial charge in [-0.3, -0.25) is 9.59 Å². The van der Waals surface area contributed by atoms with Gasteiger partial charge in [-0.15, -0.1) is 0 Å². The van der Waals surface area contributed by atoms with E-state index in [0.29, 0.717) is 28.7 Å². The Morgan fingerprint density at radius 3 is 2.93 bits per heavy atom. The number of rotatable bonds is 4. The summed E-state index contributed by atoms with van der Waals surface area (Å²) in [6.07, 6.45) is 0.287. The SMILES string of the molecule is CCNc1sc(-c2cccc(C#C[C@]3(O)CCN(C)C3=O)c2)nc1C(N)=O. The first-order chi connectivity index (χ1) is 12.8. The molecule has 0 unspecified atom stereocenters. The maximum absolute atomic E-state index is 12.0. The van der Waals surface area contributed by atoms with Gasteiger partial charge in [0.05, 0.1) is 0 Å². The van der Waals surface area contributed by atoms with Crippen molar-refractivity contribution in [3.8, 4) is 22.4 Å². The number of primary amides is 1. The van der Waals surface area contributed by atoms with Gasteiger partial charge >= 0.3 is 0 Å². The van der Waals surface area contributed by atoms with Gasteiger partial charge in [0, 0.05) is 37.7 Å². The Bertz CT molecular complexity index is 959. The molecule has 0 radical (unpaired) electrons. The van der Waals surface area contributed by atoms with Crippen LogP contribution in [0.25, 0.3) is 10.6 Å². The minimum atomic E-state index is -1.64. The Morgan fingerprint density at radius 2 is 2.30 bits per heavy atom. The number of hydrogen-bond acceptors (Lipinski definition) is 6. The fraction of sp³-hybridized carbons (Fsp3) is 0.316. The molecule has 0 spiro atoms. The van der Waals surface area contributed by atoms with Gasteiger partial charge < -0.3 is 21.1 Å². The van der Waals surface area contributed by atoms with Crippen LogP contribution in [-0.4, -0.2) is 52.5 Å². The maximum Gasteiger partial charge on any atom is 0.270 e. The van der Waals surface area contributed by atoms with E-state index in [4.69, 9.17) is 5.73 Å². The van der Waals surface area contributed by atoms with Gasteiger partial charge in [-0.05, 0) is 19.1 Å². The molecule has 0 bridgehead atoms. The normalized spacial score (nSPS) is 18.9. The summed E-state index contributed by atoms with van der Waals surface area (Å²) in [5.74, 6) is 4.61. The first kappa shape index (κ1) is 18.9. The van der Waals surface area contributed by atoms with Crippen molar-refractivity contribution < 1.29 is 14.7 Å². The molecule has 1 fully saturated rings. The lowest BCUT2D eigenvalue weighted by atomic mass is 10.0. The summed E-state index contributed by atoms with van der Waals surface area (Å²) in [5.41, 5.74) is 5.40. The molecule has 1 aliphatic heterocycles. The largest absolute Gasteiger partial charge is 0.375 e. The van der Waals surface area contributed by atoms with Crippen molar-refractivity contribution in [3.63, 3.8) is 0 Å². The molecule has 3 rings (SSSR count). The Hall–Kier alpha value is -2.89. The van der Waals surface area contributed by atoms with Crippen LogP contribution in [0.3, 0.4) is 0 Å². The third kappa shape index (κ3) is 3.79. The molecule has 27 heavy (non-hydrogen) atoms. The third-order valence-electron chi connectivity index (χ3n) is 4.23. The van der Waals surface area contributed by atoms with Crippen LogP contribution in [0.4, 0.5) is 5.00 Å². The Labute approximate surface area is 161 Å². The second-order valence-corrected chi connectivity index (χ2v) is 7.26. The van der Waals surface area contributed by atoms with Crippen molar-refractivity contribution >= 4 is 28.2 Å². The second kappa shape index (κ2) is 7.39. The number of thiazole rings is 1. The Morgan fingerprint density at radius 1 is 1.52 bits per heavy atom. The maximum atomic E-state index is 12.0. The summed E-state index contributed by atoms with van der Waals surface area (Å²) in [5, 5.41) is 14.8. The first-order valence-electron chi connectivity index (χ1n) is 8.50. The lowest BCUT2D eigenvalue weighted by Crippen LogP contribution is -2.37. The molecule has 1 aromatic heterocycles. The van der Waals surface area contributed by atoms with Gasteiger partial charge in [-0.25, -0.2) is 4.98 Å². The fourth-order valence-electron chi connectivity index (χ4n) is 2.77. The fourth-order valence-corrected chi connectivity index (χ4v) is 3.80. The van der Waals surface area contributed by atoms with E-state index in [1.54, 1.807) is 19.2 Å². The van der Waals surface area contributed by atoms with Crippen LogP contribution in [0.1, 0.15) is 29.4 Å². The second-order valence-electron chi connectivity index (χ2n) is 6.26. The molecule has 7 nitrogen and oxygen atoms in total. The minimum absolute atomic E-state index is 0.210. The zero-order chi connectivity index (χ0) is 19.6. The highest BCUT2D eigenvalue weighted by Crippen LogP contribution is 2.32. The van der Waals surface area contributed by atoms with Crippen molar-refractivity contribution in [1.29, 1.82) is 0 Å². The van der Waals surface area contributed by atoms with Gasteiger partial charge in [0.25, 0.3) is 11.8 Å². The van der Waals surface area contributed by atoms with E-state index in [1.807, 2.05) is 19.1 Å². The van der Waals surface area contributed by atoms with E-state index >= 15 is 0 Å². The third-order valence-corrected chi connectivity index (χ3v) is 5.29. The number of likely N-dealkylation sites (tertiary alicyclic amines) is 1. The topological polar surface area (TPSA) is 109 Å². The Kier molecular flexibility index (Phi) is 5.17. The average molecular weight is 384 g/mol. The molecule has 4 N–H and O–H groups in total. The van der Waals surface area contributed by atoms with Crippen molar-refractivity contribution in [2.24, 2.45) is 5.73 Å². The molecule has 0 aliphatic carbocycles. The lowest BCUT2D eigenvalue weighted by Gasteiger charge is -2.13. The summed E-state index contributed by atoms with van der Waals surface area (Å²) in [4.78, 5) is 29.4. The Balaban J connectivity index is 1.91. The molecule has 1 saturated heterocycles. The van der Waals surface area contributed by atoms with Crippen LogP contribution >= 0.6 is 11.3 Å². The van der Waals surface area contributed by atoms with E-state index < -0.39 is 11.5 Å². The molecule has 1 aromatic carbocycles. The van der Waals surface area contributed by atoms with Gasteiger partial charge in [0.1, 0.15) is 10.0 Å². The van der Waals surface area contributed by atoms with Gasteiger partial charge in [0.2, 0.25) is 5.60 Å². The van der Waals surface area contributed by atoms with Crippen LogP contribution in [0, 0.1) is 11.8 Å². The molecule has 8 heteroatoms. The number of likely N-dealkylation sites (N-methyl/N-ethyl adjacent to an activating group) is 1. The molecule has 0 saturated carbocycles. The highest BCUT2D eigenvalue weighted by atomic mass is 32.1. The number of anilines is 1. The number of benzene rings is 1. The highest BCUT2D eigenvalue weighted by Gasteiger charge is 2.42. The van der Waals surface area contributed by atoms with E-state index in [2.05, 4.69) is 22.1 Å². The first-order valence-corrected chi connectivity index (χ1v) is 9.32. The number of carbonyl (C=O) groups excluding carboxylic acids is 2. The van der Waals surface area contributed by atoms with Gasteiger partial charge in [-0.1, -0.05) is 35.3 Å². The number of aromatic nitrogens is 1. The van der Waals surface area contributed by atoms with E-state index in [-0.39, 0.29) is 18.0 Å². The number of amides is 2. The molecular formula is C19H20N4O3S. The average Bonchev–Trinajstić information content (AvgIpc) is 3.18. The standard InChI is InChI=1S/C19H20N4O3S/c1-3-21-17-14(15(20)24)22-16(27-17)13-6-4-5-12(11-13)7-8-19(26)9-10-23(2)18(19)25/h4-6,11,21,26H,3,9-10H2,1-2H3,(H2,20,24)/t19-/m0/s1. The monoisotopic (exact) mass is 384 g/mol. The number of nitrogens with one attached hydrogen (secondary N) is 1. The number of carbonyl (C=O) groups is 2. The van der Waals surface area contributed by atoms with Crippen molar-refractivity contribution in [1.82, 2.24) is 9.88 Å². The smallest absolute Gasteiger partial charge is 0.270 e. The van der Waals surface area contributed by atoms with Crippen LogP contribution in [-0.2, 0) is 4.79 Å². The summed E-state index contributed by atoms with van der Waals surface area (Å²) in [7, 11) is 1.64. The van der Waals surface area contributed by atoms with E-state index in [1.165, 1.54) is 16.2 Å². The predicted octanol–water partition coefficient (Wildman–Crippen LogP) is 1.29. The predicted molar refractivity (Wildman–Crippen MR) is 104 cm³/mol. The van der Waals surface area contributed by atoms with Gasteiger partial charge in [-0.2, -0.15) is 0 Å². The summed E-state index contributed by atoms with van der Waals surface area (Å²) >= 11 is 1.34. The molecule has 2 aromatic rings. The van der Waals surface area contributed by atoms with E-state index in [0.717, 1.165) is 5.56 Å².